The van der Waals surface area contributed by atoms with E-state index >= 15 is 0 Å². The Hall–Kier alpha value is -5.24. The van der Waals surface area contributed by atoms with Crippen molar-refractivity contribution in [1.29, 1.82) is 0 Å². The van der Waals surface area contributed by atoms with Crippen LogP contribution >= 0.6 is 0 Å². The third kappa shape index (κ3) is 7.21. The van der Waals surface area contributed by atoms with Crippen molar-refractivity contribution in [3.63, 3.8) is 0 Å². The van der Waals surface area contributed by atoms with Gasteiger partial charge in [0.1, 0.15) is 28.6 Å². The maximum absolute atomic E-state index is 13.6. The van der Waals surface area contributed by atoms with Gasteiger partial charge in [-0.1, -0.05) is 36.4 Å². The number of carbonyl (C=O) groups is 2. The lowest BCUT2D eigenvalue weighted by molar-refractivity contribution is -0.143. The zero-order valence-electron chi connectivity index (χ0n) is 25.0. The van der Waals surface area contributed by atoms with E-state index in [1.807, 2.05) is 84.9 Å². The number of nitrogens with one attached hydrogen (secondary N) is 1. The Kier molecular flexibility index (Phi) is 9.81. The number of rotatable bonds is 13. The Morgan fingerprint density at radius 1 is 0.818 bits per heavy atom. The molecule has 1 heterocycles. The molecule has 0 aliphatic carbocycles. The fourth-order valence-corrected chi connectivity index (χ4v) is 4.91. The number of hydrogen-bond donors (Lipinski definition) is 1. The van der Waals surface area contributed by atoms with E-state index in [9.17, 15) is 9.59 Å². The van der Waals surface area contributed by atoms with Gasteiger partial charge < -0.3 is 28.7 Å². The van der Waals surface area contributed by atoms with Gasteiger partial charge in [0.2, 0.25) is 0 Å². The minimum atomic E-state index is -0.400. The molecule has 0 radical (unpaired) electrons. The molecule has 5 rings (SSSR count). The average Bonchev–Trinajstić information content (AvgIpc) is 3.49. The minimum Gasteiger partial charge on any atom is -0.497 e. The molecule has 0 fully saturated rings. The van der Waals surface area contributed by atoms with Crippen LogP contribution in [0.25, 0.3) is 22.3 Å². The lowest BCUT2D eigenvalue weighted by Gasteiger charge is -2.20. The second kappa shape index (κ2) is 14.3. The Labute approximate surface area is 256 Å². The van der Waals surface area contributed by atoms with Crippen LogP contribution in [-0.2, 0) is 9.53 Å². The van der Waals surface area contributed by atoms with Crippen LogP contribution in [0.2, 0.25) is 0 Å². The number of furan rings is 1. The third-order valence-electron chi connectivity index (χ3n) is 7.19. The lowest BCUT2D eigenvalue weighted by atomic mass is 9.97. The summed E-state index contributed by atoms with van der Waals surface area (Å²) in [7, 11) is 3.24. The Morgan fingerprint density at radius 3 is 2.11 bits per heavy atom. The molecule has 1 aromatic heterocycles. The highest BCUT2D eigenvalue weighted by molar-refractivity contribution is 5.99. The van der Waals surface area contributed by atoms with Crippen molar-refractivity contribution in [2.24, 2.45) is 0 Å². The number of amides is 1. The zero-order chi connectivity index (χ0) is 30.9. The van der Waals surface area contributed by atoms with Crippen molar-refractivity contribution in [2.75, 3.05) is 27.4 Å². The summed E-state index contributed by atoms with van der Waals surface area (Å²) in [6.45, 7) is 2.52. The molecule has 8 nitrogen and oxygen atoms in total. The van der Waals surface area contributed by atoms with Crippen LogP contribution in [0.15, 0.2) is 101 Å². The molecule has 5 aromatic rings. The molecule has 8 heteroatoms. The number of ether oxygens (including phenoxy) is 4. The highest BCUT2D eigenvalue weighted by Crippen LogP contribution is 2.35. The molecule has 1 amide bonds. The van der Waals surface area contributed by atoms with Crippen molar-refractivity contribution in [1.82, 2.24) is 5.32 Å². The standard InChI is InChI=1S/C36H35NO7/c1-4-42-34(38)10-7-21-43-32-9-6-5-8-30(32)33-23-27-22-26(15-20-31(27)44-33)36(39)37-35(24-11-16-28(40-2)17-12-24)25-13-18-29(41-3)19-14-25/h5-6,8-9,11-20,22-23,35H,4,7,10,21H2,1-3H3,(H,37,39). The first-order valence-electron chi connectivity index (χ1n) is 14.5. The first-order valence-corrected chi connectivity index (χ1v) is 14.5. The van der Waals surface area contributed by atoms with Crippen molar-refractivity contribution in [3.8, 4) is 28.6 Å². The van der Waals surface area contributed by atoms with Gasteiger partial charge in [0.25, 0.3) is 5.91 Å². The van der Waals surface area contributed by atoms with Crippen LogP contribution in [0.4, 0.5) is 0 Å². The predicted molar refractivity (Wildman–Crippen MR) is 168 cm³/mol. The zero-order valence-corrected chi connectivity index (χ0v) is 25.0. The van der Waals surface area contributed by atoms with E-state index in [0.717, 1.165) is 33.6 Å². The Balaban J connectivity index is 1.35. The molecule has 0 unspecified atom stereocenters. The topological polar surface area (TPSA) is 96.2 Å². The highest BCUT2D eigenvalue weighted by atomic mass is 16.5. The molecule has 0 atom stereocenters. The quantitative estimate of drug-likeness (QED) is 0.113. The van der Waals surface area contributed by atoms with E-state index in [2.05, 4.69) is 5.32 Å². The number of benzene rings is 4. The molecule has 0 aliphatic heterocycles. The highest BCUT2D eigenvalue weighted by Gasteiger charge is 2.20. The third-order valence-corrected chi connectivity index (χ3v) is 7.19. The van der Waals surface area contributed by atoms with Crippen molar-refractivity contribution < 1.29 is 33.0 Å². The largest absolute Gasteiger partial charge is 0.497 e. The average molecular weight is 594 g/mol. The van der Waals surface area contributed by atoms with E-state index in [1.54, 1.807) is 33.3 Å². The fourth-order valence-electron chi connectivity index (χ4n) is 4.91. The lowest BCUT2D eigenvalue weighted by Crippen LogP contribution is -2.29. The maximum Gasteiger partial charge on any atom is 0.305 e. The maximum atomic E-state index is 13.6. The second-order valence-corrected chi connectivity index (χ2v) is 10.1. The van der Waals surface area contributed by atoms with E-state index in [0.29, 0.717) is 48.7 Å². The van der Waals surface area contributed by atoms with Gasteiger partial charge in [0.15, 0.2) is 0 Å². The SMILES string of the molecule is CCOC(=O)CCCOc1ccccc1-c1cc2cc(C(=O)NC(c3ccc(OC)cc3)c3ccc(OC)cc3)ccc2o1. The summed E-state index contributed by atoms with van der Waals surface area (Å²) in [5, 5.41) is 3.98. The molecule has 44 heavy (non-hydrogen) atoms. The van der Waals surface area contributed by atoms with Gasteiger partial charge >= 0.3 is 5.97 Å². The van der Waals surface area contributed by atoms with Gasteiger partial charge in [-0.3, -0.25) is 9.59 Å². The van der Waals surface area contributed by atoms with Gasteiger partial charge in [-0.05, 0) is 85.1 Å². The summed E-state index contributed by atoms with van der Waals surface area (Å²) >= 11 is 0. The molecular formula is C36H35NO7. The Bertz CT molecular complexity index is 1660. The molecule has 226 valence electrons. The summed E-state index contributed by atoms with van der Waals surface area (Å²) in [6, 6.07) is 29.7. The van der Waals surface area contributed by atoms with Crippen LogP contribution in [-0.4, -0.2) is 39.3 Å². The van der Waals surface area contributed by atoms with Crippen molar-refractivity contribution in [3.05, 3.63) is 114 Å². The number of hydrogen-bond acceptors (Lipinski definition) is 7. The van der Waals surface area contributed by atoms with Crippen LogP contribution in [0.3, 0.4) is 0 Å². The first kappa shape index (κ1) is 30.2. The Morgan fingerprint density at radius 2 is 1.48 bits per heavy atom. The fraction of sp³-hybridized carbons (Fsp3) is 0.222. The van der Waals surface area contributed by atoms with E-state index in [1.165, 1.54) is 0 Å². The summed E-state index contributed by atoms with van der Waals surface area (Å²) in [4.78, 5) is 25.3. The number of carbonyl (C=O) groups excluding carboxylic acids is 2. The molecular weight excluding hydrogens is 558 g/mol. The minimum absolute atomic E-state index is 0.225. The normalized spacial score (nSPS) is 10.9. The first-order chi connectivity index (χ1) is 21.5. The monoisotopic (exact) mass is 593 g/mol. The van der Waals surface area contributed by atoms with Crippen molar-refractivity contribution >= 4 is 22.8 Å². The van der Waals surface area contributed by atoms with Crippen LogP contribution in [0.5, 0.6) is 17.2 Å². The molecule has 4 aromatic carbocycles. The van der Waals surface area contributed by atoms with E-state index < -0.39 is 6.04 Å². The second-order valence-electron chi connectivity index (χ2n) is 10.1. The van der Waals surface area contributed by atoms with Gasteiger partial charge in [0, 0.05) is 17.4 Å². The number of fused-ring (bicyclic) bond motifs is 1. The number of methoxy groups -OCH3 is 2. The van der Waals surface area contributed by atoms with Crippen LogP contribution in [0.1, 0.15) is 47.3 Å². The van der Waals surface area contributed by atoms with E-state index in [-0.39, 0.29) is 11.9 Å². The van der Waals surface area contributed by atoms with Crippen LogP contribution in [0, 0.1) is 0 Å². The molecule has 1 N–H and O–H groups in total. The van der Waals surface area contributed by atoms with Crippen molar-refractivity contribution in [2.45, 2.75) is 25.8 Å². The molecule has 0 aliphatic rings. The number of esters is 1. The van der Waals surface area contributed by atoms with Crippen LogP contribution < -0.4 is 19.5 Å². The van der Waals surface area contributed by atoms with Gasteiger partial charge in [-0.15, -0.1) is 0 Å². The van der Waals surface area contributed by atoms with Gasteiger partial charge in [-0.25, -0.2) is 0 Å². The van der Waals surface area contributed by atoms with Gasteiger partial charge in [0.05, 0.1) is 39.0 Å². The summed E-state index contributed by atoms with van der Waals surface area (Å²) in [6.07, 6.45) is 0.836. The molecule has 0 saturated heterocycles. The molecule has 0 spiro atoms. The molecule has 0 bridgehead atoms. The van der Waals surface area contributed by atoms with Gasteiger partial charge in [-0.2, -0.15) is 0 Å². The van der Waals surface area contributed by atoms with E-state index in [4.69, 9.17) is 23.4 Å². The summed E-state index contributed by atoms with van der Waals surface area (Å²) in [5.74, 6) is 2.28. The summed E-state index contributed by atoms with van der Waals surface area (Å²) in [5.41, 5.74) is 3.76. The molecule has 0 saturated carbocycles. The predicted octanol–water partition coefficient (Wildman–Crippen LogP) is 7.36. The number of para-hydroxylation sites is 1. The summed E-state index contributed by atoms with van der Waals surface area (Å²) < 4.78 is 27.8. The smallest absolute Gasteiger partial charge is 0.305 e.